The number of halogens is 2. The summed E-state index contributed by atoms with van der Waals surface area (Å²) in [6.45, 7) is 0.317. The van der Waals surface area contributed by atoms with Crippen molar-refractivity contribution < 1.29 is 4.74 Å². The van der Waals surface area contributed by atoms with Gasteiger partial charge in [0.05, 0.1) is 12.4 Å². The number of H-pyrrole nitrogens is 1. The molecule has 7 nitrogen and oxygen atoms in total. The van der Waals surface area contributed by atoms with Crippen molar-refractivity contribution >= 4 is 35.2 Å². The number of hydrogen-bond donors (Lipinski definition) is 2. The van der Waals surface area contributed by atoms with Gasteiger partial charge in [-0.3, -0.25) is 5.43 Å². The molecule has 0 fully saturated rings. The van der Waals surface area contributed by atoms with E-state index in [2.05, 4.69) is 25.7 Å². The van der Waals surface area contributed by atoms with Gasteiger partial charge >= 0.3 is 5.69 Å². The summed E-state index contributed by atoms with van der Waals surface area (Å²) < 4.78 is 5.76. The van der Waals surface area contributed by atoms with Crippen molar-refractivity contribution in [1.82, 2.24) is 15.2 Å². The Morgan fingerprint density at radius 2 is 2.12 bits per heavy atom. The molecule has 0 radical (unpaired) electrons. The molecule has 26 heavy (non-hydrogen) atoms. The molecule has 0 unspecified atom stereocenters. The highest BCUT2D eigenvalue weighted by atomic mass is 35.5. The van der Waals surface area contributed by atoms with Crippen molar-refractivity contribution in [3.63, 3.8) is 0 Å². The van der Waals surface area contributed by atoms with E-state index < -0.39 is 5.69 Å². The quantitative estimate of drug-likeness (QED) is 0.497. The first-order valence-corrected chi connectivity index (χ1v) is 8.23. The largest absolute Gasteiger partial charge is 0.489 e. The first-order chi connectivity index (χ1) is 12.6. The molecule has 1 aromatic heterocycles. The number of nitrogens with one attached hydrogen (secondary N) is 2. The molecular weight excluding hydrogens is 377 g/mol. The topological polar surface area (TPSA) is 92.3 Å². The average Bonchev–Trinajstić information content (AvgIpc) is 2.61. The molecule has 132 valence electrons. The van der Waals surface area contributed by atoms with Gasteiger partial charge in [-0.2, -0.15) is 15.2 Å². The highest BCUT2D eigenvalue weighted by molar-refractivity contribution is 6.35. The van der Waals surface area contributed by atoms with Crippen molar-refractivity contribution in [2.75, 3.05) is 5.43 Å². The molecule has 0 saturated carbocycles. The monoisotopic (exact) mass is 389 g/mol. The summed E-state index contributed by atoms with van der Waals surface area (Å²) in [6, 6.07) is 12.6. The number of hydrogen-bond acceptors (Lipinski definition) is 6. The Bertz CT molecular complexity index is 991. The average molecular weight is 390 g/mol. The summed E-state index contributed by atoms with van der Waals surface area (Å²) in [7, 11) is 0. The highest BCUT2D eigenvalue weighted by Crippen LogP contribution is 2.23. The summed E-state index contributed by atoms with van der Waals surface area (Å²) in [5, 5.41) is 10.9. The summed E-state index contributed by atoms with van der Waals surface area (Å²) in [4.78, 5) is 14.7. The Kier molecular flexibility index (Phi) is 5.83. The van der Waals surface area contributed by atoms with Gasteiger partial charge in [0.25, 0.3) is 0 Å². The Hall–Kier alpha value is -2.90. The molecule has 0 saturated heterocycles. The number of aromatic nitrogens is 3. The molecule has 3 aromatic rings. The van der Waals surface area contributed by atoms with Crippen molar-refractivity contribution in [2.45, 2.75) is 6.61 Å². The third-order valence-corrected chi connectivity index (χ3v) is 3.82. The van der Waals surface area contributed by atoms with Gasteiger partial charge in [-0.05, 0) is 29.8 Å². The lowest BCUT2D eigenvalue weighted by Gasteiger charge is -2.08. The summed E-state index contributed by atoms with van der Waals surface area (Å²) >= 11 is 12.0. The number of rotatable bonds is 6. The van der Waals surface area contributed by atoms with Crippen LogP contribution in [0.15, 0.2) is 58.6 Å². The molecule has 0 bridgehead atoms. The lowest BCUT2D eigenvalue weighted by atomic mass is 10.2. The molecule has 0 atom stereocenters. The maximum Gasteiger partial charge on any atom is 0.363 e. The highest BCUT2D eigenvalue weighted by Gasteiger charge is 2.03. The molecule has 0 aliphatic heterocycles. The van der Waals surface area contributed by atoms with Gasteiger partial charge in [0.15, 0.2) is 5.82 Å². The third kappa shape index (κ3) is 5.05. The SMILES string of the molecule is O=c1nc(N/N=C/c2cccc(OCc3ccc(Cl)cc3Cl)c2)cn[nH]1. The number of aromatic amines is 1. The predicted octanol–water partition coefficient (Wildman–Crippen LogP) is 3.50. The number of ether oxygens (including phenoxy) is 1. The van der Waals surface area contributed by atoms with Crippen LogP contribution in [0.5, 0.6) is 5.75 Å². The van der Waals surface area contributed by atoms with E-state index in [0.29, 0.717) is 22.4 Å². The van der Waals surface area contributed by atoms with Crippen LogP contribution in [-0.4, -0.2) is 21.4 Å². The normalized spacial score (nSPS) is 10.8. The lowest BCUT2D eigenvalue weighted by Crippen LogP contribution is -2.13. The van der Waals surface area contributed by atoms with Crippen LogP contribution < -0.4 is 15.9 Å². The van der Waals surface area contributed by atoms with E-state index in [1.165, 1.54) is 6.20 Å². The van der Waals surface area contributed by atoms with Crippen molar-refractivity contribution in [1.29, 1.82) is 0 Å². The van der Waals surface area contributed by atoms with Crippen LogP contribution in [0.25, 0.3) is 0 Å². The van der Waals surface area contributed by atoms with Crippen molar-refractivity contribution in [3.8, 4) is 5.75 Å². The van der Waals surface area contributed by atoms with Gasteiger partial charge < -0.3 is 4.74 Å². The molecule has 0 aliphatic rings. The second-order valence-electron chi connectivity index (χ2n) is 5.14. The standard InChI is InChI=1S/C17H13Cl2N5O2/c18-13-5-4-12(15(19)7-13)10-26-14-3-1-2-11(6-14)8-20-23-16-9-21-24-17(25)22-16/h1-9H,10H2,(H2,22,23,24,25)/b20-8+. The van der Waals surface area contributed by atoms with Crippen LogP contribution in [0.4, 0.5) is 5.82 Å². The van der Waals surface area contributed by atoms with E-state index in [1.54, 1.807) is 18.3 Å². The first kappa shape index (κ1) is 17.9. The fourth-order valence-electron chi connectivity index (χ4n) is 2.02. The van der Waals surface area contributed by atoms with E-state index in [4.69, 9.17) is 27.9 Å². The number of hydrazone groups is 1. The van der Waals surface area contributed by atoms with E-state index in [1.807, 2.05) is 30.3 Å². The maximum absolute atomic E-state index is 11.0. The fourth-order valence-corrected chi connectivity index (χ4v) is 2.49. The van der Waals surface area contributed by atoms with E-state index in [-0.39, 0.29) is 5.82 Å². The van der Waals surface area contributed by atoms with Gasteiger partial charge in [-0.25, -0.2) is 9.89 Å². The molecule has 2 N–H and O–H groups in total. The van der Waals surface area contributed by atoms with Gasteiger partial charge in [0.1, 0.15) is 12.4 Å². The van der Waals surface area contributed by atoms with E-state index in [0.717, 1.165) is 11.1 Å². The van der Waals surface area contributed by atoms with Gasteiger partial charge in [-0.15, -0.1) is 0 Å². The molecule has 0 amide bonds. The molecule has 0 spiro atoms. The summed E-state index contributed by atoms with van der Waals surface area (Å²) in [5.41, 5.74) is 3.71. The van der Waals surface area contributed by atoms with Crippen LogP contribution >= 0.6 is 23.2 Å². The minimum Gasteiger partial charge on any atom is -0.489 e. The molecule has 0 aliphatic carbocycles. The Labute approximate surface area is 158 Å². The lowest BCUT2D eigenvalue weighted by molar-refractivity contribution is 0.306. The van der Waals surface area contributed by atoms with Crippen molar-refractivity contribution in [2.24, 2.45) is 5.10 Å². The molecule has 1 heterocycles. The summed E-state index contributed by atoms with van der Waals surface area (Å²) in [5.74, 6) is 0.908. The molecular formula is C17H13Cl2N5O2. The van der Waals surface area contributed by atoms with Crippen LogP contribution in [0.1, 0.15) is 11.1 Å². The zero-order valence-electron chi connectivity index (χ0n) is 13.3. The second kappa shape index (κ2) is 8.46. The maximum atomic E-state index is 11.0. The summed E-state index contributed by atoms with van der Waals surface area (Å²) in [6.07, 6.45) is 2.93. The van der Waals surface area contributed by atoms with Gasteiger partial charge in [0, 0.05) is 15.6 Å². The van der Waals surface area contributed by atoms with Gasteiger partial charge in [0.2, 0.25) is 0 Å². The zero-order chi connectivity index (χ0) is 18.4. The zero-order valence-corrected chi connectivity index (χ0v) is 14.8. The number of nitrogens with zero attached hydrogens (tertiary/aromatic N) is 3. The predicted molar refractivity (Wildman–Crippen MR) is 101 cm³/mol. The van der Waals surface area contributed by atoms with Crippen LogP contribution in [-0.2, 0) is 6.61 Å². The first-order valence-electron chi connectivity index (χ1n) is 7.48. The third-order valence-electron chi connectivity index (χ3n) is 3.23. The van der Waals surface area contributed by atoms with E-state index >= 15 is 0 Å². The Balaban J connectivity index is 1.62. The van der Waals surface area contributed by atoms with E-state index in [9.17, 15) is 4.79 Å². The number of anilines is 1. The minimum atomic E-state index is -0.554. The fraction of sp³-hybridized carbons (Fsp3) is 0.0588. The number of benzene rings is 2. The molecule has 3 rings (SSSR count). The Morgan fingerprint density at radius 3 is 2.92 bits per heavy atom. The molecule has 9 heteroatoms. The van der Waals surface area contributed by atoms with Crippen LogP contribution in [0, 0.1) is 0 Å². The van der Waals surface area contributed by atoms with Crippen molar-refractivity contribution in [3.05, 3.63) is 80.3 Å². The van der Waals surface area contributed by atoms with Crippen LogP contribution in [0.3, 0.4) is 0 Å². The van der Waals surface area contributed by atoms with Gasteiger partial charge in [-0.1, -0.05) is 41.4 Å². The van der Waals surface area contributed by atoms with Crippen LogP contribution in [0.2, 0.25) is 10.0 Å². The second-order valence-corrected chi connectivity index (χ2v) is 5.98. The Morgan fingerprint density at radius 1 is 1.23 bits per heavy atom. The molecule has 2 aromatic carbocycles. The smallest absolute Gasteiger partial charge is 0.363 e. The minimum absolute atomic E-state index is 0.245.